The molecule has 1 N–H and O–H groups in total. The highest BCUT2D eigenvalue weighted by Gasteiger charge is 2.39. The Balaban J connectivity index is 1.89. The van der Waals surface area contributed by atoms with Crippen molar-refractivity contribution in [3.63, 3.8) is 0 Å². The molecule has 3 rings (SSSR count). The Bertz CT molecular complexity index is 572. The number of aromatic nitrogens is 2. The van der Waals surface area contributed by atoms with Crippen LogP contribution in [0.1, 0.15) is 44.9 Å². The molecule has 0 saturated heterocycles. The van der Waals surface area contributed by atoms with Gasteiger partial charge in [0.25, 0.3) is 0 Å². The quantitative estimate of drug-likeness (QED) is 0.891. The van der Waals surface area contributed by atoms with Gasteiger partial charge >= 0.3 is 0 Å². The van der Waals surface area contributed by atoms with Gasteiger partial charge in [-0.15, -0.1) is 0 Å². The number of phenols is 1. The minimum atomic E-state index is 0.235. The lowest BCUT2D eigenvalue weighted by atomic mass is 9.82. The highest BCUT2D eigenvalue weighted by atomic mass is 16.5. The average molecular weight is 258 g/mol. The molecule has 1 atom stereocenters. The Labute approximate surface area is 112 Å². The van der Waals surface area contributed by atoms with Crippen LogP contribution in [0.2, 0.25) is 0 Å². The van der Waals surface area contributed by atoms with E-state index in [4.69, 9.17) is 4.52 Å². The van der Waals surface area contributed by atoms with E-state index in [1.807, 2.05) is 0 Å². The van der Waals surface area contributed by atoms with Crippen molar-refractivity contribution in [1.29, 1.82) is 0 Å². The van der Waals surface area contributed by atoms with E-state index in [1.54, 1.807) is 24.3 Å². The van der Waals surface area contributed by atoms with E-state index < -0.39 is 0 Å². The molecule has 2 aromatic rings. The second-order valence-electron chi connectivity index (χ2n) is 5.94. The van der Waals surface area contributed by atoms with Crippen LogP contribution in [-0.2, 0) is 0 Å². The summed E-state index contributed by atoms with van der Waals surface area (Å²) >= 11 is 0. The zero-order chi connectivity index (χ0) is 13.5. The lowest BCUT2D eigenvalue weighted by Crippen LogP contribution is -2.15. The first-order valence-corrected chi connectivity index (χ1v) is 6.69. The number of rotatable bonds is 2. The van der Waals surface area contributed by atoms with Crippen LogP contribution in [0, 0.1) is 5.41 Å². The first kappa shape index (κ1) is 12.2. The summed E-state index contributed by atoms with van der Waals surface area (Å²) < 4.78 is 5.45. The standard InChI is InChI=1S/C15H18N2O2/c1-15(2)9-3-4-12(15)14-16-13(17-19-14)10-5-7-11(18)8-6-10/h5-8,12,18H,3-4,9H2,1-2H3. The maximum Gasteiger partial charge on any atom is 0.230 e. The molecular formula is C15H18N2O2. The molecule has 1 heterocycles. The molecule has 19 heavy (non-hydrogen) atoms. The van der Waals surface area contributed by atoms with E-state index in [1.165, 1.54) is 12.8 Å². The number of hydrogen-bond acceptors (Lipinski definition) is 4. The minimum Gasteiger partial charge on any atom is -0.508 e. The fourth-order valence-electron chi connectivity index (χ4n) is 2.89. The van der Waals surface area contributed by atoms with Crippen LogP contribution in [0.25, 0.3) is 11.4 Å². The van der Waals surface area contributed by atoms with Crippen molar-refractivity contribution in [3.8, 4) is 17.1 Å². The summed E-state index contributed by atoms with van der Waals surface area (Å²) in [5.41, 5.74) is 1.10. The van der Waals surface area contributed by atoms with Crippen LogP contribution >= 0.6 is 0 Å². The Morgan fingerprint density at radius 1 is 1.26 bits per heavy atom. The zero-order valence-electron chi connectivity index (χ0n) is 11.3. The molecule has 0 aliphatic heterocycles. The third kappa shape index (κ3) is 2.23. The molecule has 1 aliphatic rings. The monoisotopic (exact) mass is 258 g/mol. The van der Waals surface area contributed by atoms with Crippen molar-refractivity contribution in [1.82, 2.24) is 10.1 Å². The molecular weight excluding hydrogens is 240 g/mol. The summed E-state index contributed by atoms with van der Waals surface area (Å²) in [6.45, 7) is 4.52. The minimum absolute atomic E-state index is 0.235. The largest absolute Gasteiger partial charge is 0.508 e. The summed E-state index contributed by atoms with van der Waals surface area (Å²) in [4.78, 5) is 4.53. The van der Waals surface area contributed by atoms with Crippen molar-refractivity contribution < 1.29 is 9.63 Å². The van der Waals surface area contributed by atoms with Crippen molar-refractivity contribution in [2.24, 2.45) is 5.41 Å². The summed E-state index contributed by atoms with van der Waals surface area (Å²) in [6, 6.07) is 6.85. The summed E-state index contributed by atoms with van der Waals surface area (Å²) in [7, 11) is 0. The first-order chi connectivity index (χ1) is 9.06. The van der Waals surface area contributed by atoms with Gasteiger partial charge in [-0.25, -0.2) is 0 Å². The first-order valence-electron chi connectivity index (χ1n) is 6.69. The number of nitrogens with zero attached hydrogens (tertiary/aromatic N) is 2. The smallest absolute Gasteiger partial charge is 0.230 e. The van der Waals surface area contributed by atoms with E-state index in [0.29, 0.717) is 11.7 Å². The predicted octanol–water partition coefficient (Wildman–Crippen LogP) is 3.74. The van der Waals surface area contributed by atoms with E-state index in [9.17, 15) is 5.11 Å². The molecule has 0 spiro atoms. The molecule has 100 valence electrons. The third-order valence-electron chi connectivity index (χ3n) is 4.12. The van der Waals surface area contributed by atoms with Crippen molar-refractivity contribution in [3.05, 3.63) is 30.2 Å². The van der Waals surface area contributed by atoms with Crippen molar-refractivity contribution in [2.45, 2.75) is 39.0 Å². The lowest BCUT2D eigenvalue weighted by Gasteiger charge is -2.23. The number of hydrogen-bond donors (Lipinski definition) is 1. The molecule has 1 unspecified atom stereocenters. The zero-order valence-corrected chi connectivity index (χ0v) is 11.3. The summed E-state index contributed by atoms with van der Waals surface area (Å²) in [6.07, 6.45) is 3.54. The van der Waals surface area contributed by atoms with Gasteiger partial charge in [-0.1, -0.05) is 25.4 Å². The molecule has 1 aliphatic carbocycles. The highest BCUT2D eigenvalue weighted by Crippen LogP contribution is 2.48. The van der Waals surface area contributed by atoms with E-state index in [2.05, 4.69) is 24.0 Å². The Morgan fingerprint density at radius 2 is 2.00 bits per heavy atom. The molecule has 0 radical (unpaired) electrons. The number of benzene rings is 1. The SMILES string of the molecule is CC1(C)CCCC1c1nc(-c2ccc(O)cc2)no1. The normalized spacial score (nSPS) is 21.7. The van der Waals surface area contributed by atoms with Gasteiger partial charge in [-0.2, -0.15) is 4.98 Å². The lowest BCUT2D eigenvalue weighted by molar-refractivity contribution is 0.261. The maximum atomic E-state index is 9.29. The number of aromatic hydroxyl groups is 1. The van der Waals surface area contributed by atoms with E-state index in [-0.39, 0.29) is 11.2 Å². The predicted molar refractivity (Wildman–Crippen MR) is 71.8 cm³/mol. The molecule has 1 aromatic carbocycles. The van der Waals surface area contributed by atoms with Gasteiger partial charge in [0, 0.05) is 11.5 Å². The molecule has 0 amide bonds. The van der Waals surface area contributed by atoms with Crippen LogP contribution in [-0.4, -0.2) is 15.2 Å². The molecule has 1 aromatic heterocycles. The van der Waals surface area contributed by atoms with Gasteiger partial charge in [0.1, 0.15) is 5.75 Å². The molecule has 4 nitrogen and oxygen atoms in total. The van der Waals surface area contributed by atoms with Gasteiger partial charge in [-0.3, -0.25) is 0 Å². The van der Waals surface area contributed by atoms with Gasteiger partial charge in [-0.05, 0) is 42.5 Å². The average Bonchev–Trinajstić information content (AvgIpc) is 2.96. The highest BCUT2D eigenvalue weighted by molar-refractivity contribution is 5.55. The fourth-order valence-corrected chi connectivity index (χ4v) is 2.89. The van der Waals surface area contributed by atoms with E-state index in [0.717, 1.165) is 17.9 Å². The second-order valence-corrected chi connectivity index (χ2v) is 5.94. The topological polar surface area (TPSA) is 59.2 Å². The van der Waals surface area contributed by atoms with Gasteiger partial charge < -0.3 is 9.63 Å². The van der Waals surface area contributed by atoms with Crippen LogP contribution in [0.5, 0.6) is 5.75 Å². The van der Waals surface area contributed by atoms with Gasteiger partial charge in [0.2, 0.25) is 11.7 Å². The Morgan fingerprint density at radius 3 is 2.63 bits per heavy atom. The fraction of sp³-hybridized carbons (Fsp3) is 0.467. The van der Waals surface area contributed by atoms with Crippen LogP contribution in [0.4, 0.5) is 0 Å². The number of phenolic OH excluding ortho intramolecular Hbond substituents is 1. The van der Waals surface area contributed by atoms with Crippen LogP contribution in [0.15, 0.2) is 28.8 Å². The molecule has 1 fully saturated rings. The van der Waals surface area contributed by atoms with E-state index >= 15 is 0 Å². The van der Waals surface area contributed by atoms with Crippen LogP contribution in [0.3, 0.4) is 0 Å². The van der Waals surface area contributed by atoms with Gasteiger partial charge in [0.15, 0.2) is 0 Å². The molecule has 4 heteroatoms. The maximum absolute atomic E-state index is 9.29. The van der Waals surface area contributed by atoms with Crippen LogP contribution < -0.4 is 0 Å². The molecule has 0 bridgehead atoms. The Hall–Kier alpha value is -1.84. The Kier molecular flexibility index (Phi) is 2.81. The summed E-state index contributed by atoms with van der Waals surface area (Å²) in [5, 5.41) is 13.3. The summed E-state index contributed by atoms with van der Waals surface area (Å²) in [5.74, 6) is 1.93. The molecule has 1 saturated carbocycles. The second kappa shape index (κ2) is 4.37. The van der Waals surface area contributed by atoms with Crippen molar-refractivity contribution >= 4 is 0 Å². The van der Waals surface area contributed by atoms with Crippen molar-refractivity contribution in [2.75, 3.05) is 0 Å². The third-order valence-corrected chi connectivity index (χ3v) is 4.12. The van der Waals surface area contributed by atoms with Gasteiger partial charge in [0.05, 0.1) is 0 Å².